The summed E-state index contributed by atoms with van der Waals surface area (Å²) in [6.07, 6.45) is 3.11. The number of H-pyrrole nitrogens is 1. The normalized spacial score (nSPS) is 11.4. The summed E-state index contributed by atoms with van der Waals surface area (Å²) in [5.41, 5.74) is 9.32. The van der Waals surface area contributed by atoms with Crippen LogP contribution in [-0.4, -0.2) is 30.0 Å². The van der Waals surface area contributed by atoms with Crippen molar-refractivity contribution in [1.29, 1.82) is 0 Å². The molecule has 0 fully saturated rings. The first-order chi connectivity index (χ1) is 7.72. The lowest BCUT2D eigenvalue weighted by atomic mass is 10.1. The van der Waals surface area contributed by atoms with Gasteiger partial charge in [0.25, 0.3) is 0 Å². The van der Waals surface area contributed by atoms with E-state index in [-0.39, 0.29) is 0 Å². The number of benzene rings is 1. The maximum Gasteiger partial charge on any atom is 0.0477 e. The molecule has 0 aliphatic rings. The summed E-state index contributed by atoms with van der Waals surface area (Å²) in [5.74, 6) is 0. The van der Waals surface area contributed by atoms with Gasteiger partial charge < -0.3 is 15.6 Å². The summed E-state index contributed by atoms with van der Waals surface area (Å²) in [5, 5.41) is 1.19. The van der Waals surface area contributed by atoms with Crippen molar-refractivity contribution in [3.63, 3.8) is 0 Å². The number of anilines is 1. The van der Waals surface area contributed by atoms with Gasteiger partial charge in [-0.05, 0) is 37.7 Å². The van der Waals surface area contributed by atoms with Crippen molar-refractivity contribution < 1.29 is 0 Å². The first kappa shape index (κ1) is 11.0. The molecule has 0 bridgehead atoms. The molecule has 0 aliphatic heterocycles. The number of nitrogens with one attached hydrogen (secondary N) is 1. The van der Waals surface area contributed by atoms with Gasteiger partial charge in [0, 0.05) is 29.3 Å². The molecule has 0 radical (unpaired) electrons. The fourth-order valence-electron chi connectivity index (χ4n) is 1.95. The second-order valence-electron chi connectivity index (χ2n) is 4.23. The zero-order valence-electron chi connectivity index (χ0n) is 9.96. The van der Waals surface area contributed by atoms with E-state index in [1.54, 1.807) is 0 Å². The predicted octanol–water partition coefficient (Wildman–Crippen LogP) is 2.24. The molecule has 2 aromatic rings. The molecular formula is C13H19N3. The molecule has 3 heteroatoms. The number of nitrogens with two attached hydrogens (primary N) is 1. The molecule has 86 valence electrons. The number of nitrogens with zero attached hydrogens (tertiary/aromatic N) is 1. The average molecular weight is 217 g/mol. The summed E-state index contributed by atoms with van der Waals surface area (Å²) in [6, 6.07) is 6.01. The van der Waals surface area contributed by atoms with Gasteiger partial charge >= 0.3 is 0 Å². The summed E-state index contributed by atoms with van der Waals surface area (Å²) < 4.78 is 0. The van der Waals surface area contributed by atoms with Gasteiger partial charge in [-0.15, -0.1) is 0 Å². The Hall–Kier alpha value is -1.48. The lowest BCUT2D eigenvalue weighted by molar-refractivity contribution is 0.358. The van der Waals surface area contributed by atoms with Crippen LogP contribution < -0.4 is 5.73 Å². The predicted molar refractivity (Wildman–Crippen MR) is 69.6 cm³/mol. The third-order valence-electron chi connectivity index (χ3n) is 3.12. The molecule has 16 heavy (non-hydrogen) atoms. The highest BCUT2D eigenvalue weighted by atomic mass is 15.1. The highest BCUT2D eigenvalue weighted by Gasteiger charge is 2.06. The Bertz CT molecular complexity index is 473. The largest absolute Gasteiger partial charge is 0.398 e. The van der Waals surface area contributed by atoms with E-state index in [0.29, 0.717) is 0 Å². The van der Waals surface area contributed by atoms with E-state index in [1.807, 2.05) is 12.1 Å². The SMILES string of the molecule is CCN(C)CCc1c[nH]c2cccc(N)c12. The van der Waals surface area contributed by atoms with Crippen molar-refractivity contribution in [2.45, 2.75) is 13.3 Å². The number of aromatic nitrogens is 1. The van der Waals surface area contributed by atoms with E-state index in [0.717, 1.165) is 30.7 Å². The quantitative estimate of drug-likeness (QED) is 0.771. The van der Waals surface area contributed by atoms with Crippen molar-refractivity contribution >= 4 is 16.6 Å². The van der Waals surface area contributed by atoms with Crippen molar-refractivity contribution in [3.05, 3.63) is 30.0 Å². The van der Waals surface area contributed by atoms with Gasteiger partial charge in [-0.25, -0.2) is 0 Å². The van der Waals surface area contributed by atoms with Crippen LogP contribution in [0, 0.1) is 0 Å². The van der Waals surface area contributed by atoms with Crippen molar-refractivity contribution in [2.75, 3.05) is 25.9 Å². The molecule has 0 saturated carbocycles. The minimum atomic E-state index is 0.868. The van der Waals surface area contributed by atoms with Gasteiger partial charge in [0.15, 0.2) is 0 Å². The van der Waals surface area contributed by atoms with Gasteiger partial charge in [0.1, 0.15) is 0 Å². The first-order valence-electron chi connectivity index (χ1n) is 5.75. The van der Waals surface area contributed by atoms with E-state index in [9.17, 15) is 0 Å². The summed E-state index contributed by atoms with van der Waals surface area (Å²) >= 11 is 0. The number of nitrogen functional groups attached to an aromatic ring is 1. The standard InChI is InChI=1S/C13H19N3/c1-3-16(2)8-7-10-9-15-12-6-4-5-11(14)13(10)12/h4-6,9,15H,3,7-8,14H2,1-2H3. The highest BCUT2D eigenvalue weighted by molar-refractivity contribution is 5.93. The fraction of sp³-hybridized carbons (Fsp3) is 0.385. The third kappa shape index (κ3) is 2.04. The van der Waals surface area contributed by atoms with Gasteiger partial charge in [0.05, 0.1) is 0 Å². The lowest BCUT2D eigenvalue weighted by Crippen LogP contribution is -2.20. The number of aromatic amines is 1. The zero-order valence-corrected chi connectivity index (χ0v) is 9.96. The Balaban J connectivity index is 2.24. The van der Waals surface area contributed by atoms with Crippen LogP contribution in [0.1, 0.15) is 12.5 Å². The van der Waals surface area contributed by atoms with Crippen LogP contribution in [0.4, 0.5) is 5.69 Å². The monoisotopic (exact) mass is 217 g/mol. The van der Waals surface area contributed by atoms with Crippen molar-refractivity contribution in [3.8, 4) is 0 Å². The molecule has 0 unspecified atom stereocenters. The summed E-state index contributed by atoms with van der Waals surface area (Å²) in [4.78, 5) is 5.58. The van der Waals surface area contributed by atoms with Crippen molar-refractivity contribution in [2.24, 2.45) is 0 Å². The molecule has 0 spiro atoms. The molecule has 0 amide bonds. The summed E-state index contributed by atoms with van der Waals surface area (Å²) in [7, 11) is 2.14. The molecule has 0 atom stereocenters. The number of rotatable bonds is 4. The second-order valence-corrected chi connectivity index (χ2v) is 4.23. The van der Waals surface area contributed by atoms with Crippen LogP contribution in [0.2, 0.25) is 0 Å². The van der Waals surface area contributed by atoms with Crippen LogP contribution in [0.15, 0.2) is 24.4 Å². The smallest absolute Gasteiger partial charge is 0.0477 e. The number of hydrogen-bond acceptors (Lipinski definition) is 2. The maximum atomic E-state index is 6.01. The lowest BCUT2D eigenvalue weighted by Gasteiger charge is -2.13. The van der Waals surface area contributed by atoms with E-state index in [1.165, 1.54) is 10.9 Å². The Labute approximate surface area is 96.2 Å². The Morgan fingerprint density at radius 2 is 2.19 bits per heavy atom. The Morgan fingerprint density at radius 1 is 1.38 bits per heavy atom. The van der Waals surface area contributed by atoms with Gasteiger partial charge in [-0.3, -0.25) is 0 Å². The zero-order chi connectivity index (χ0) is 11.5. The van der Waals surface area contributed by atoms with Crippen LogP contribution in [0.5, 0.6) is 0 Å². The first-order valence-corrected chi connectivity index (χ1v) is 5.75. The minimum absolute atomic E-state index is 0.868. The molecule has 2 rings (SSSR count). The number of fused-ring (bicyclic) bond motifs is 1. The van der Waals surface area contributed by atoms with E-state index in [4.69, 9.17) is 5.73 Å². The van der Waals surface area contributed by atoms with Gasteiger partial charge in [-0.2, -0.15) is 0 Å². The van der Waals surface area contributed by atoms with Crippen LogP contribution >= 0.6 is 0 Å². The molecule has 1 heterocycles. The highest BCUT2D eigenvalue weighted by Crippen LogP contribution is 2.24. The number of hydrogen-bond donors (Lipinski definition) is 2. The molecule has 1 aromatic heterocycles. The molecule has 0 saturated heterocycles. The van der Waals surface area contributed by atoms with Crippen LogP contribution in [0.3, 0.4) is 0 Å². The van der Waals surface area contributed by atoms with E-state index in [2.05, 4.69) is 36.1 Å². The molecule has 1 aromatic carbocycles. The van der Waals surface area contributed by atoms with E-state index >= 15 is 0 Å². The van der Waals surface area contributed by atoms with Crippen LogP contribution in [-0.2, 0) is 6.42 Å². The third-order valence-corrected chi connectivity index (χ3v) is 3.12. The van der Waals surface area contributed by atoms with Crippen LogP contribution in [0.25, 0.3) is 10.9 Å². The molecular weight excluding hydrogens is 198 g/mol. The van der Waals surface area contributed by atoms with Gasteiger partial charge in [0.2, 0.25) is 0 Å². The topological polar surface area (TPSA) is 45.0 Å². The maximum absolute atomic E-state index is 6.01. The second kappa shape index (κ2) is 4.58. The van der Waals surface area contributed by atoms with Crippen molar-refractivity contribution in [1.82, 2.24) is 9.88 Å². The van der Waals surface area contributed by atoms with Gasteiger partial charge in [-0.1, -0.05) is 13.0 Å². The average Bonchev–Trinajstić information content (AvgIpc) is 2.70. The molecule has 0 aliphatic carbocycles. The Morgan fingerprint density at radius 3 is 2.94 bits per heavy atom. The minimum Gasteiger partial charge on any atom is -0.398 e. The molecule has 3 nitrogen and oxygen atoms in total. The van der Waals surface area contributed by atoms with E-state index < -0.39 is 0 Å². The summed E-state index contributed by atoms with van der Waals surface area (Å²) in [6.45, 7) is 4.32. The number of likely N-dealkylation sites (N-methyl/N-ethyl adjacent to an activating group) is 1. The Kier molecular flexibility index (Phi) is 3.15. The molecule has 3 N–H and O–H groups in total. The fourth-order valence-corrected chi connectivity index (χ4v) is 1.95.